The highest BCUT2D eigenvalue weighted by Crippen LogP contribution is 2.38. The third-order valence-electron chi connectivity index (χ3n) is 13.6. The molecule has 0 fully saturated rings. The molecule has 9 nitrogen and oxygen atoms in total. The standard InChI is InChI=1S/C65H119N2O7P/c1-7-10-13-16-19-22-25-28-29-30-31-32-33-34-35-36-37-40-43-46-49-52-55-58-65(69)74-63(56-53-50-47-44-41-38-26-23-20-17-14-11-8-2)62(61-73-75(70,71)72-60-59-67(4,5)6)66-64(68)57-54-51-48-45-42-39-27-24-21-18-15-12-9-3/h19,22,28-29,31-32,39,42,48,51,53,56,62-63H,7-18,20-21,23-27,30,33-38,40-41,43-47,49-50,52,54-55,57-61H2,1-6H3,(H-,66,68,70,71)/b22-19-,29-28-,32-31-,42-39-,51-48+,56-53-. The van der Waals surface area contributed by atoms with E-state index in [1.807, 2.05) is 39.4 Å². The lowest BCUT2D eigenvalue weighted by Crippen LogP contribution is -2.47. The highest BCUT2D eigenvalue weighted by atomic mass is 31.2. The number of carbonyl (C=O) groups excluding carboxylic acids is 2. The summed E-state index contributed by atoms with van der Waals surface area (Å²) in [5, 5.41) is 2.98. The average molecular weight is 1070 g/mol. The second-order valence-electron chi connectivity index (χ2n) is 22.2. The first-order valence-electron chi connectivity index (χ1n) is 31.2. The van der Waals surface area contributed by atoms with Gasteiger partial charge in [-0.2, -0.15) is 0 Å². The molecule has 0 aliphatic carbocycles. The summed E-state index contributed by atoms with van der Waals surface area (Å²) in [6, 6.07) is -0.922. The molecular formula is C65H119N2O7P. The fourth-order valence-electron chi connectivity index (χ4n) is 8.76. The highest BCUT2D eigenvalue weighted by Gasteiger charge is 2.27. The molecule has 0 aromatic rings. The first kappa shape index (κ1) is 72.5. The van der Waals surface area contributed by atoms with Gasteiger partial charge in [0, 0.05) is 12.8 Å². The van der Waals surface area contributed by atoms with E-state index in [0.29, 0.717) is 17.4 Å². The van der Waals surface area contributed by atoms with Crippen LogP contribution in [0.4, 0.5) is 0 Å². The highest BCUT2D eigenvalue weighted by molar-refractivity contribution is 7.45. The van der Waals surface area contributed by atoms with E-state index in [4.69, 9.17) is 13.8 Å². The Bertz CT molecular complexity index is 1510. The molecule has 436 valence electrons. The zero-order valence-corrected chi connectivity index (χ0v) is 50.6. The summed E-state index contributed by atoms with van der Waals surface area (Å²) in [6.45, 7) is 6.77. The largest absolute Gasteiger partial charge is 0.756 e. The number of quaternary nitrogens is 1. The predicted octanol–water partition coefficient (Wildman–Crippen LogP) is 18.6. The minimum absolute atomic E-state index is 0.0338. The topological polar surface area (TPSA) is 114 Å². The van der Waals surface area contributed by atoms with Gasteiger partial charge in [-0.15, -0.1) is 0 Å². The smallest absolute Gasteiger partial charge is 0.306 e. The van der Waals surface area contributed by atoms with Crippen molar-refractivity contribution >= 4 is 19.7 Å². The summed E-state index contributed by atoms with van der Waals surface area (Å²) in [4.78, 5) is 39.9. The summed E-state index contributed by atoms with van der Waals surface area (Å²) in [6.07, 6.45) is 70.3. The summed E-state index contributed by atoms with van der Waals surface area (Å²) < 4.78 is 30.3. The van der Waals surface area contributed by atoms with Crippen molar-refractivity contribution in [2.24, 2.45) is 0 Å². The fourth-order valence-corrected chi connectivity index (χ4v) is 9.48. The molecule has 3 unspecified atom stereocenters. The number of hydrogen-bond donors (Lipinski definition) is 1. The van der Waals surface area contributed by atoms with Crippen LogP contribution < -0.4 is 10.2 Å². The van der Waals surface area contributed by atoms with Crippen LogP contribution in [0.15, 0.2) is 72.9 Å². The number of rotatable bonds is 56. The first-order chi connectivity index (χ1) is 36.4. The number of hydrogen-bond acceptors (Lipinski definition) is 7. The lowest BCUT2D eigenvalue weighted by atomic mass is 10.0. The molecule has 0 bridgehead atoms. The molecule has 0 aliphatic heterocycles. The Kier molecular flexibility index (Phi) is 52.9. The lowest BCUT2D eigenvalue weighted by Gasteiger charge is -2.30. The molecule has 0 aromatic heterocycles. The van der Waals surface area contributed by atoms with E-state index in [1.54, 1.807) is 0 Å². The zero-order valence-electron chi connectivity index (χ0n) is 49.7. The predicted molar refractivity (Wildman–Crippen MR) is 321 cm³/mol. The van der Waals surface area contributed by atoms with Gasteiger partial charge in [0.05, 0.1) is 33.8 Å². The minimum Gasteiger partial charge on any atom is -0.756 e. The third kappa shape index (κ3) is 56.0. The Balaban J connectivity index is 5.25. The normalized spacial score (nSPS) is 14.2. The molecule has 0 heterocycles. The SMILES string of the molecule is CCCCC/C=C\C/C=C\C/C=C\CCCCCCCCCCCCC(=O)OC(/C=C\CCCCCCCCCCCCC)C(COP(=O)([O-])OCC[N+](C)(C)C)NC(=O)CC/C=C/C/C=C\CCCCCCCC. The van der Waals surface area contributed by atoms with Crippen LogP contribution in [0.5, 0.6) is 0 Å². The Labute approximate surface area is 463 Å². The molecular weight excluding hydrogens is 952 g/mol. The van der Waals surface area contributed by atoms with Gasteiger partial charge in [-0.1, -0.05) is 248 Å². The summed E-state index contributed by atoms with van der Waals surface area (Å²) in [5.41, 5.74) is 0. The summed E-state index contributed by atoms with van der Waals surface area (Å²) in [5.74, 6) is -0.621. The molecule has 0 aliphatic rings. The van der Waals surface area contributed by atoms with Crippen LogP contribution in [0.2, 0.25) is 0 Å². The number of esters is 1. The van der Waals surface area contributed by atoms with Gasteiger partial charge in [0.1, 0.15) is 19.3 Å². The van der Waals surface area contributed by atoms with Crippen molar-refractivity contribution in [2.45, 2.75) is 290 Å². The van der Waals surface area contributed by atoms with Crippen LogP contribution in [-0.2, 0) is 27.9 Å². The van der Waals surface area contributed by atoms with Gasteiger partial charge in [0.15, 0.2) is 0 Å². The number of ether oxygens (including phenoxy) is 1. The fraction of sp³-hybridized carbons (Fsp3) is 0.785. The van der Waals surface area contributed by atoms with Crippen molar-refractivity contribution in [2.75, 3.05) is 40.9 Å². The quantitative estimate of drug-likeness (QED) is 0.0212. The van der Waals surface area contributed by atoms with Crippen molar-refractivity contribution in [3.8, 4) is 0 Å². The number of phosphoric ester groups is 1. The molecule has 0 saturated carbocycles. The van der Waals surface area contributed by atoms with Crippen molar-refractivity contribution in [1.82, 2.24) is 5.32 Å². The van der Waals surface area contributed by atoms with Gasteiger partial charge in [0.2, 0.25) is 5.91 Å². The molecule has 1 amide bonds. The van der Waals surface area contributed by atoms with Gasteiger partial charge in [-0.25, -0.2) is 0 Å². The van der Waals surface area contributed by atoms with E-state index in [0.717, 1.165) is 77.0 Å². The minimum atomic E-state index is -4.71. The zero-order chi connectivity index (χ0) is 55.0. The van der Waals surface area contributed by atoms with Crippen LogP contribution >= 0.6 is 7.82 Å². The van der Waals surface area contributed by atoms with Crippen molar-refractivity contribution in [1.29, 1.82) is 0 Å². The molecule has 0 spiro atoms. The molecule has 0 aromatic carbocycles. The van der Waals surface area contributed by atoms with E-state index < -0.39 is 26.6 Å². The molecule has 10 heteroatoms. The van der Waals surface area contributed by atoms with Crippen LogP contribution in [0, 0.1) is 0 Å². The summed E-state index contributed by atoms with van der Waals surface area (Å²) in [7, 11) is 1.15. The lowest BCUT2D eigenvalue weighted by molar-refractivity contribution is -0.870. The van der Waals surface area contributed by atoms with Gasteiger partial charge in [0.25, 0.3) is 7.82 Å². The average Bonchev–Trinajstić information content (AvgIpc) is 3.37. The van der Waals surface area contributed by atoms with Crippen molar-refractivity contribution in [3.63, 3.8) is 0 Å². The molecule has 0 radical (unpaired) electrons. The van der Waals surface area contributed by atoms with E-state index in [9.17, 15) is 19.0 Å². The Morgan fingerprint density at radius 3 is 1.27 bits per heavy atom. The van der Waals surface area contributed by atoms with Gasteiger partial charge < -0.3 is 28.5 Å². The van der Waals surface area contributed by atoms with Crippen LogP contribution in [0.1, 0.15) is 278 Å². The van der Waals surface area contributed by atoms with Gasteiger partial charge >= 0.3 is 5.97 Å². The van der Waals surface area contributed by atoms with Crippen LogP contribution in [0.3, 0.4) is 0 Å². The number of nitrogens with one attached hydrogen (secondary N) is 1. The first-order valence-corrected chi connectivity index (χ1v) is 32.7. The summed E-state index contributed by atoms with van der Waals surface area (Å²) >= 11 is 0. The van der Waals surface area contributed by atoms with Gasteiger partial charge in [-0.3, -0.25) is 14.2 Å². The van der Waals surface area contributed by atoms with Crippen LogP contribution in [0.25, 0.3) is 0 Å². The molecule has 75 heavy (non-hydrogen) atoms. The van der Waals surface area contributed by atoms with Crippen LogP contribution in [-0.4, -0.2) is 69.4 Å². The maximum absolute atomic E-state index is 13.5. The number of allylic oxidation sites excluding steroid dienone is 11. The van der Waals surface area contributed by atoms with Crippen molar-refractivity contribution in [3.05, 3.63) is 72.9 Å². The number of unbranched alkanes of at least 4 members (excludes halogenated alkanes) is 30. The van der Waals surface area contributed by atoms with Crippen molar-refractivity contribution < 1.29 is 37.3 Å². The second-order valence-corrected chi connectivity index (χ2v) is 23.6. The maximum Gasteiger partial charge on any atom is 0.306 e. The number of carbonyl (C=O) groups is 2. The van der Waals surface area contributed by atoms with E-state index in [2.05, 4.69) is 80.8 Å². The molecule has 0 rings (SSSR count). The monoisotopic (exact) mass is 1070 g/mol. The Morgan fingerprint density at radius 2 is 0.827 bits per heavy atom. The van der Waals surface area contributed by atoms with Gasteiger partial charge in [-0.05, 0) is 89.5 Å². The number of nitrogens with zero attached hydrogens (tertiary/aromatic N) is 1. The van der Waals surface area contributed by atoms with E-state index in [1.165, 1.54) is 161 Å². The van der Waals surface area contributed by atoms with E-state index >= 15 is 0 Å². The Morgan fingerprint density at radius 1 is 0.467 bits per heavy atom. The number of likely N-dealkylation sites (N-methyl/N-ethyl adjacent to an activating group) is 1. The van der Waals surface area contributed by atoms with E-state index in [-0.39, 0.29) is 31.3 Å². The molecule has 3 atom stereocenters. The third-order valence-corrected chi connectivity index (χ3v) is 14.6. The second kappa shape index (κ2) is 54.8. The molecule has 0 saturated heterocycles. The number of amides is 1. The Hall–Kier alpha value is -2.55. The maximum atomic E-state index is 13.5. The molecule has 1 N–H and O–H groups in total. The number of phosphoric acid groups is 1.